The molecule has 0 unspecified atom stereocenters. The largest absolute Gasteiger partial charge is 0.332 e. The van der Waals surface area contributed by atoms with Gasteiger partial charge in [-0.15, -0.1) is 12.4 Å². The van der Waals surface area contributed by atoms with E-state index in [1.165, 1.54) is 12.8 Å². The molecule has 0 atom stereocenters. The first kappa shape index (κ1) is 16.3. The minimum atomic E-state index is -0.418. The minimum absolute atomic E-state index is 0. The van der Waals surface area contributed by atoms with Gasteiger partial charge in [0.1, 0.15) is 5.69 Å². The molecule has 130 valence electrons. The van der Waals surface area contributed by atoms with Crippen LogP contribution in [0.3, 0.4) is 0 Å². The van der Waals surface area contributed by atoms with Crippen molar-refractivity contribution < 1.29 is 4.52 Å². The van der Waals surface area contributed by atoms with E-state index in [1.807, 2.05) is 35.0 Å². The Bertz CT molecular complexity index is 880. The zero-order valence-electron chi connectivity index (χ0n) is 13.8. The highest BCUT2D eigenvalue weighted by atomic mass is 35.5. The smallest absolute Gasteiger partial charge is 0.276 e. The maximum atomic E-state index is 6.32. The second kappa shape index (κ2) is 5.97. The van der Waals surface area contributed by atoms with Crippen LogP contribution >= 0.6 is 12.4 Å². The lowest BCUT2D eigenvalue weighted by Gasteiger charge is -2.34. The van der Waals surface area contributed by atoms with E-state index in [4.69, 9.17) is 15.4 Å². The summed E-state index contributed by atoms with van der Waals surface area (Å²) in [5.41, 5.74) is 8.83. The van der Waals surface area contributed by atoms with Gasteiger partial charge >= 0.3 is 0 Å². The monoisotopic (exact) mass is 357 g/mol. The molecule has 3 aromatic rings. The van der Waals surface area contributed by atoms with Gasteiger partial charge < -0.3 is 10.3 Å². The Hall–Kier alpha value is -2.18. The van der Waals surface area contributed by atoms with Crippen LogP contribution in [0.5, 0.6) is 0 Å². The molecule has 0 bridgehead atoms. The van der Waals surface area contributed by atoms with Crippen molar-refractivity contribution in [3.05, 3.63) is 47.9 Å². The topological polar surface area (TPSA) is 82.8 Å². The van der Waals surface area contributed by atoms with Crippen molar-refractivity contribution in [2.75, 3.05) is 0 Å². The van der Waals surface area contributed by atoms with Crippen LogP contribution in [0.1, 0.15) is 49.5 Å². The molecule has 2 aliphatic carbocycles. The van der Waals surface area contributed by atoms with Crippen molar-refractivity contribution in [2.45, 2.75) is 43.6 Å². The number of halogens is 1. The summed E-state index contributed by atoms with van der Waals surface area (Å²) >= 11 is 0. The Labute approximate surface area is 151 Å². The maximum Gasteiger partial charge on any atom is 0.276 e. The van der Waals surface area contributed by atoms with Crippen molar-refractivity contribution >= 4 is 12.4 Å². The van der Waals surface area contributed by atoms with Crippen LogP contribution in [-0.4, -0.2) is 19.9 Å². The standard InChI is InChI=1S/C18H19N5O.ClH/c19-18(9-4-10-18)17-20-16(24-22-17)15-11-14(12-7-8-12)21-23(15)13-5-2-1-3-6-13;/h1-3,5-6,11-12H,4,7-10,19H2;1H. The summed E-state index contributed by atoms with van der Waals surface area (Å²) in [6.07, 6.45) is 5.35. The van der Waals surface area contributed by atoms with Crippen molar-refractivity contribution in [3.63, 3.8) is 0 Å². The molecule has 0 spiro atoms. The molecular weight excluding hydrogens is 338 g/mol. The van der Waals surface area contributed by atoms with Crippen LogP contribution in [0.4, 0.5) is 0 Å². The summed E-state index contributed by atoms with van der Waals surface area (Å²) in [4.78, 5) is 4.59. The minimum Gasteiger partial charge on any atom is -0.332 e. The van der Waals surface area contributed by atoms with Crippen LogP contribution in [-0.2, 0) is 5.54 Å². The van der Waals surface area contributed by atoms with E-state index in [-0.39, 0.29) is 12.4 Å². The van der Waals surface area contributed by atoms with Crippen molar-refractivity contribution in [2.24, 2.45) is 5.73 Å². The first-order chi connectivity index (χ1) is 11.7. The van der Waals surface area contributed by atoms with Crippen molar-refractivity contribution in [1.82, 2.24) is 19.9 Å². The van der Waals surface area contributed by atoms with Gasteiger partial charge in [-0.05, 0) is 50.3 Å². The lowest BCUT2D eigenvalue weighted by atomic mass is 9.77. The number of benzene rings is 1. The fraction of sp³-hybridized carbons (Fsp3) is 0.389. The summed E-state index contributed by atoms with van der Waals surface area (Å²) in [6, 6.07) is 12.1. The number of nitrogens with zero attached hydrogens (tertiary/aromatic N) is 4. The Morgan fingerprint density at radius 1 is 1.16 bits per heavy atom. The van der Waals surface area contributed by atoms with Gasteiger partial charge in [0.05, 0.1) is 16.9 Å². The molecule has 2 fully saturated rings. The molecule has 0 aliphatic heterocycles. The third kappa shape index (κ3) is 2.75. The molecule has 1 aromatic carbocycles. The number of hydrogen-bond acceptors (Lipinski definition) is 5. The van der Waals surface area contributed by atoms with Gasteiger partial charge in [0.25, 0.3) is 5.89 Å². The van der Waals surface area contributed by atoms with Crippen molar-refractivity contribution in [1.29, 1.82) is 0 Å². The molecule has 5 rings (SSSR count). The van der Waals surface area contributed by atoms with Crippen molar-refractivity contribution in [3.8, 4) is 17.3 Å². The van der Waals surface area contributed by atoms with E-state index >= 15 is 0 Å². The van der Waals surface area contributed by atoms with Crippen LogP contribution in [0.25, 0.3) is 17.3 Å². The number of nitrogens with two attached hydrogens (primary N) is 1. The summed E-state index contributed by atoms with van der Waals surface area (Å²) in [5, 5.41) is 8.92. The molecule has 0 saturated heterocycles. The normalized spacial score (nSPS) is 18.4. The summed E-state index contributed by atoms with van der Waals surface area (Å²) < 4.78 is 7.44. The van der Waals surface area contributed by atoms with Gasteiger partial charge in [0.2, 0.25) is 0 Å². The summed E-state index contributed by atoms with van der Waals surface area (Å²) in [7, 11) is 0. The SMILES string of the molecule is Cl.NC1(c2noc(-c3cc(C4CC4)nn3-c3ccccc3)n2)CCC1. The molecule has 2 heterocycles. The average molecular weight is 358 g/mol. The molecule has 2 aliphatic rings. The van der Waals surface area contributed by atoms with E-state index in [2.05, 4.69) is 16.2 Å². The summed E-state index contributed by atoms with van der Waals surface area (Å²) in [6.45, 7) is 0. The molecule has 2 saturated carbocycles. The second-order valence-corrected chi connectivity index (χ2v) is 6.91. The predicted molar refractivity (Wildman–Crippen MR) is 95.8 cm³/mol. The Balaban J connectivity index is 0.00000157. The quantitative estimate of drug-likeness (QED) is 0.771. The number of rotatable bonds is 4. The first-order valence-corrected chi connectivity index (χ1v) is 8.52. The maximum absolute atomic E-state index is 6.32. The molecule has 0 amide bonds. The van der Waals surface area contributed by atoms with Gasteiger partial charge in [-0.3, -0.25) is 0 Å². The van der Waals surface area contributed by atoms with E-state index in [0.717, 1.165) is 36.3 Å². The lowest BCUT2D eigenvalue weighted by Crippen LogP contribution is -2.44. The summed E-state index contributed by atoms with van der Waals surface area (Å²) in [5.74, 6) is 1.66. The highest BCUT2D eigenvalue weighted by Gasteiger charge is 2.39. The predicted octanol–water partition coefficient (Wildman–Crippen LogP) is 3.56. The molecular formula is C18H20ClN5O. The molecule has 2 aromatic heterocycles. The van der Waals surface area contributed by atoms with E-state index in [0.29, 0.717) is 17.6 Å². The highest BCUT2D eigenvalue weighted by Crippen LogP contribution is 2.41. The average Bonchev–Trinajstić information content (AvgIpc) is 3.15. The molecule has 0 radical (unpaired) electrons. The molecule has 6 nitrogen and oxygen atoms in total. The van der Waals surface area contributed by atoms with Crippen LogP contribution in [0.2, 0.25) is 0 Å². The highest BCUT2D eigenvalue weighted by molar-refractivity contribution is 5.85. The zero-order chi connectivity index (χ0) is 16.1. The lowest BCUT2D eigenvalue weighted by molar-refractivity contribution is 0.229. The second-order valence-electron chi connectivity index (χ2n) is 6.91. The zero-order valence-corrected chi connectivity index (χ0v) is 14.6. The van der Waals surface area contributed by atoms with E-state index < -0.39 is 5.54 Å². The van der Waals surface area contributed by atoms with Gasteiger partial charge in [0, 0.05) is 5.92 Å². The fourth-order valence-electron chi connectivity index (χ4n) is 3.21. The Morgan fingerprint density at radius 3 is 2.56 bits per heavy atom. The number of hydrogen-bond donors (Lipinski definition) is 1. The number of aromatic nitrogens is 4. The Morgan fingerprint density at radius 2 is 1.92 bits per heavy atom. The van der Waals surface area contributed by atoms with Crippen LogP contribution in [0.15, 0.2) is 40.9 Å². The van der Waals surface area contributed by atoms with Crippen LogP contribution in [0, 0.1) is 0 Å². The first-order valence-electron chi connectivity index (χ1n) is 8.52. The van der Waals surface area contributed by atoms with Gasteiger partial charge in [-0.2, -0.15) is 10.1 Å². The van der Waals surface area contributed by atoms with E-state index in [9.17, 15) is 0 Å². The Kier molecular flexibility index (Phi) is 3.89. The van der Waals surface area contributed by atoms with Gasteiger partial charge in [-0.1, -0.05) is 23.4 Å². The molecule has 7 heteroatoms. The fourth-order valence-corrected chi connectivity index (χ4v) is 3.21. The van der Waals surface area contributed by atoms with Crippen LogP contribution < -0.4 is 5.73 Å². The molecule has 25 heavy (non-hydrogen) atoms. The molecule has 2 N–H and O–H groups in total. The third-order valence-corrected chi connectivity index (χ3v) is 5.06. The third-order valence-electron chi connectivity index (χ3n) is 5.06. The van der Waals surface area contributed by atoms with E-state index in [1.54, 1.807) is 0 Å². The van der Waals surface area contributed by atoms with Gasteiger partial charge in [0.15, 0.2) is 5.82 Å². The number of para-hydroxylation sites is 1. The van der Waals surface area contributed by atoms with Gasteiger partial charge in [-0.25, -0.2) is 4.68 Å².